The Balaban J connectivity index is 1.39. The minimum Gasteiger partial charge on any atom is -0.256 e. The second-order valence-corrected chi connectivity index (χ2v) is 10.3. The van der Waals surface area contributed by atoms with Crippen molar-refractivity contribution in [1.82, 2.24) is 9.97 Å². The van der Waals surface area contributed by atoms with E-state index < -0.39 is 0 Å². The average molecular weight is 537 g/mol. The molecule has 0 aliphatic rings. The summed E-state index contributed by atoms with van der Waals surface area (Å²) >= 11 is 0. The van der Waals surface area contributed by atoms with Crippen molar-refractivity contribution >= 4 is 0 Å². The van der Waals surface area contributed by atoms with Crippen LogP contribution in [0.25, 0.3) is 67.2 Å². The first kappa shape index (κ1) is 25.4. The van der Waals surface area contributed by atoms with Crippen LogP contribution in [-0.4, -0.2) is 9.97 Å². The lowest BCUT2D eigenvalue weighted by molar-refractivity contribution is 1.32. The maximum absolute atomic E-state index is 5.09. The fraction of sp³-hybridized carbons (Fsp3) is 0. The van der Waals surface area contributed by atoms with Crippen LogP contribution in [0.3, 0.4) is 0 Å². The lowest BCUT2D eigenvalue weighted by atomic mass is 9.93. The maximum Gasteiger partial charge on any atom is 0.0715 e. The zero-order valence-electron chi connectivity index (χ0n) is 23.1. The van der Waals surface area contributed by atoms with Crippen molar-refractivity contribution in [3.05, 3.63) is 170 Å². The predicted molar refractivity (Wildman–Crippen MR) is 175 cm³/mol. The smallest absolute Gasteiger partial charge is 0.0715 e. The monoisotopic (exact) mass is 536 g/mol. The molecule has 2 nitrogen and oxygen atoms in total. The van der Waals surface area contributed by atoms with E-state index in [4.69, 9.17) is 9.97 Å². The predicted octanol–water partition coefficient (Wildman–Crippen LogP) is 10.5. The number of hydrogen-bond acceptors (Lipinski definition) is 2. The molecule has 0 unspecified atom stereocenters. The maximum atomic E-state index is 5.09. The van der Waals surface area contributed by atoms with E-state index in [9.17, 15) is 0 Å². The fourth-order valence-electron chi connectivity index (χ4n) is 5.32. The topological polar surface area (TPSA) is 25.8 Å². The SMILES string of the molecule is c1ccc(-c2ccc(-c3cc(-c4ccccc4)cc(-c4cc(-c5ccccc5)nc(-c5ccccc5)c4)c3)nc2)cc1. The van der Waals surface area contributed by atoms with E-state index in [1.807, 2.05) is 24.4 Å². The molecule has 0 N–H and O–H groups in total. The van der Waals surface area contributed by atoms with Gasteiger partial charge in [-0.3, -0.25) is 4.98 Å². The average Bonchev–Trinajstić information content (AvgIpc) is 3.09. The number of nitrogens with zero attached hydrogens (tertiary/aromatic N) is 2. The zero-order valence-corrected chi connectivity index (χ0v) is 23.1. The van der Waals surface area contributed by atoms with Crippen LogP contribution in [0.1, 0.15) is 0 Å². The first-order chi connectivity index (χ1) is 20.8. The van der Waals surface area contributed by atoms with E-state index >= 15 is 0 Å². The third-order valence-corrected chi connectivity index (χ3v) is 7.50. The van der Waals surface area contributed by atoms with Crippen molar-refractivity contribution in [2.24, 2.45) is 0 Å². The van der Waals surface area contributed by atoms with Gasteiger partial charge in [0.2, 0.25) is 0 Å². The highest BCUT2D eigenvalue weighted by Crippen LogP contribution is 2.36. The normalized spacial score (nSPS) is 10.9. The van der Waals surface area contributed by atoms with E-state index in [0.29, 0.717) is 0 Å². The van der Waals surface area contributed by atoms with Crippen LogP contribution in [0.15, 0.2) is 170 Å². The van der Waals surface area contributed by atoms with Gasteiger partial charge in [0.1, 0.15) is 0 Å². The zero-order chi connectivity index (χ0) is 28.1. The molecule has 5 aromatic carbocycles. The van der Waals surface area contributed by atoms with E-state index in [-0.39, 0.29) is 0 Å². The van der Waals surface area contributed by atoms with Gasteiger partial charge in [-0.25, -0.2) is 4.98 Å². The lowest BCUT2D eigenvalue weighted by Gasteiger charge is -2.14. The van der Waals surface area contributed by atoms with E-state index in [0.717, 1.165) is 61.6 Å². The highest BCUT2D eigenvalue weighted by atomic mass is 14.7. The second-order valence-electron chi connectivity index (χ2n) is 10.3. The molecule has 0 bridgehead atoms. The molecule has 0 saturated carbocycles. The van der Waals surface area contributed by atoms with Gasteiger partial charge in [0.25, 0.3) is 0 Å². The quantitative estimate of drug-likeness (QED) is 0.211. The molecule has 0 amide bonds. The van der Waals surface area contributed by atoms with Crippen LogP contribution >= 0.6 is 0 Å². The molecule has 0 atom stereocenters. The summed E-state index contributed by atoms with van der Waals surface area (Å²) in [7, 11) is 0. The fourth-order valence-corrected chi connectivity index (χ4v) is 5.32. The third-order valence-electron chi connectivity index (χ3n) is 7.50. The molecule has 0 aliphatic carbocycles. The van der Waals surface area contributed by atoms with Crippen LogP contribution in [0, 0.1) is 0 Å². The molecule has 42 heavy (non-hydrogen) atoms. The van der Waals surface area contributed by atoms with Gasteiger partial charge in [-0.2, -0.15) is 0 Å². The van der Waals surface area contributed by atoms with E-state index in [1.165, 1.54) is 5.56 Å². The Morgan fingerprint density at radius 1 is 0.262 bits per heavy atom. The van der Waals surface area contributed by atoms with Crippen molar-refractivity contribution in [2.45, 2.75) is 0 Å². The van der Waals surface area contributed by atoms with Crippen LogP contribution in [0.5, 0.6) is 0 Å². The summed E-state index contributed by atoms with van der Waals surface area (Å²) in [6.07, 6.45) is 1.97. The molecule has 7 aromatic rings. The summed E-state index contributed by atoms with van der Waals surface area (Å²) in [5.41, 5.74) is 12.9. The first-order valence-corrected chi connectivity index (χ1v) is 14.2. The van der Waals surface area contributed by atoms with Gasteiger partial charge in [0, 0.05) is 28.5 Å². The number of rotatable bonds is 6. The Hall–Kier alpha value is -5.60. The van der Waals surface area contributed by atoms with Crippen LogP contribution in [0.2, 0.25) is 0 Å². The summed E-state index contributed by atoms with van der Waals surface area (Å²) in [5, 5.41) is 0. The molecule has 198 valence electrons. The van der Waals surface area contributed by atoms with Gasteiger partial charge in [0.05, 0.1) is 17.1 Å². The van der Waals surface area contributed by atoms with Crippen molar-refractivity contribution < 1.29 is 0 Å². The number of aromatic nitrogens is 2. The Labute approximate surface area is 246 Å². The van der Waals surface area contributed by atoms with E-state index in [2.05, 4.69) is 146 Å². The van der Waals surface area contributed by atoms with Gasteiger partial charge in [-0.05, 0) is 64.2 Å². The van der Waals surface area contributed by atoms with Crippen molar-refractivity contribution in [3.63, 3.8) is 0 Å². The molecule has 2 heteroatoms. The Morgan fingerprint density at radius 2 is 0.667 bits per heavy atom. The van der Waals surface area contributed by atoms with Crippen LogP contribution in [0.4, 0.5) is 0 Å². The Bertz CT molecular complexity index is 1870. The van der Waals surface area contributed by atoms with Gasteiger partial charge in [-0.1, -0.05) is 127 Å². The summed E-state index contributed by atoms with van der Waals surface area (Å²) in [6.45, 7) is 0. The number of hydrogen-bond donors (Lipinski definition) is 0. The molecule has 0 aliphatic heterocycles. The standard InChI is InChI=1S/C40H28N2/c1-5-13-29(14-6-1)33-21-22-38(41-28-33)37-24-34(30-15-7-2-8-16-30)23-35(25-37)36-26-39(31-17-9-3-10-18-31)42-40(27-36)32-19-11-4-12-20-32/h1-28H. The minimum absolute atomic E-state index is 0.939. The highest BCUT2D eigenvalue weighted by Gasteiger charge is 2.13. The second kappa shape index (κ2) is 11.5. The minimum atomic E-state index is 0.939. The molecule has 7 rings (SSSR count). The van der Waals surface area contributed by atoms with Gasteiger partial charge >= 0.3 is 0 Å². The molecule has 0 fully saturated rings. The van der Waals surface area contributed by atoms with Crippen molar-refractivity contribution in [2.75, 3.05) is 0 Å². The first-order valence-electron chi connectivity index (χ1n) is 14.2. The largest absolute Gasteiger partial charge is 0.256 e. The number of pyridine rings is 2. The van der Waals surface area contributed by atoms with Crippen LogP contribution in [-0.2, 0) is 0 Å². The Morgan fingerprint density at radius 3 is 1.14 bits per heavy atom. The molecule has 2 heterocycles. The van der Waals surface area contributed by atoms with Crippen molar-refractivity contribution in [1.29, 1.82) is 0 Å². The highest BCUT2D eigenvalue weighted by molar-refractivity contribution is 5.83. The molecular weight excluding hydrogens is 508 g/mol. The third kappa shape index (κ3) is 5.39. The molecule has 2 aromatic heterocycles. The Kier molecular flexibility index (Phi) is 6.94. The van der Waals surface area contributed by atoms with Crippen molar-refractivity contribution in [3.8, 4) is 67.2 Å². The molecule has 0 spiro atoms. The summed E-state index contributed by atoms with van der Waals surface area (Å²) in [6, 6.07) is 57.1. The molecule has 0 radical (unpaired) electrons. The molecule has 0 saturated heterocycles. The lowest BCUT2D eigenvalue weighted by Crippen LogP contribution is -1.93. The van der Waals surface area contributed by atoms with Gasteiger partial charge in [-0.15, -0.1) is 0 Å². The van der Waals surface area contributed by atoms with E-state index in [1.54, 1.807) is 0 Å². The summed E-state index contributed by atoms with van der Waals surface area (Å²) < 4.78 is 0. The molecular formula is C40H28N2. The number of benzene rings is 5. The van der Waals surface area contributed by atoms with Crippen LogP contribution < -0.4 is 0 Å². The summed E-state index contributed by atoms with van der Waals surface area (Å²) in [4.78, 5) is 10.00. The van der Waals surface area contributed by atoms with Gasteiger partial charge in [0.15, 0.2) is 0 Å². The summed E-state index contributed by atoms with van der Waals surface area (Å²) in [5.74, 6) is 0. The van der Waals surface area contributed by atoms with Gasteiger partial charge < -0.3 is 0 Å².